The van der Waals surface area contributed by atoms with E-state index in [4.69, 9.17) is 4.74 Å². The fourth-order valence-corrected chi connectivity index (χ4v) is 2.75. The number of anilines is 1. The minimum absolute atomic E-state index is 0.337. The number of rotatable bonds is 2. The molecule has 3 rings (SSSR count). The molecule has 0 aliphatic carbocycles. The van der Waals surface area contributed by atoms with E-state index in [1.807, 2.05) is 5.38 Å². The summed E-state index contributed by atoms with van der Waals surface area (Å²) < 4.78 is 18.9. The van der Waals surface area contributed by atoms with Crippen LogP contribution in [-0.2, 0) is 4.74 Å². The number of morpholine rings is 1. The van der Waals surface area contributed by atoms with Crippen molar-refractivity contribution in [2.75, 3.05) is 31.2 Å². The van der Waals surface area contributed by atoms with Crippen molar-refractivity contribution >= 4 is 16.5 Å². The number of ether oxygens (including phenoxy) is 1. The Morgan fingerprint density at radius 3 is 2.94 bits per heavy atom. The van der Waals surface area contributed by atoms with Gasteiger partial charge in [-0.05, 0) is 6.07 Å². The predicted molar refractivity (Wildman–Crippen MR) is 68.3 cm³/mol. The van der Waals surface area contributed by atoms with Gasteiger partial charge in [-0.1, -0.05) is 0 Å². The fraction of sp³-hybridized carbons (Fsp3) is 0.333. The third-order valence-corrected chi connectivity index (χ3v) is 3.72. The summed E-state index contributed by atoms with van der Waals surface area (Å²) in [7, 11) is 0. The van der Waals surface area contributed by atoms with Crippen LogP contribution in [0.25, 0.3) is 11.3 Å². The lowest BCUT2D eigenvalue weighted by molar-refractivity contribution is 0.122. The zero-order valence-corrected chi connectivity index (χ0v) is 10.5. The summed E-state index contributed by atoms with van der Waals surface area (Å²) >= 11 is 1.53. The summed E-state index contributed by atoms with van der Waals surface area (Å²) in [5.74, 6) is -0.337. The van der Waals surface area contributed by atoms with Crippen molar-refractivity contribution in [3.8, 4) is 11.3 Å². The van der Waals surface area contributed by atoms with Crippen molar-refractivity contribution in [1.29, 1.82) is 0 Å². The number of nitrogens with zero attached hydrogens (tertiary/aromatic N) is 3. The molecule has 0 N–H and O–H groups in total. The van der Waals surface area contributed by atoms with Gasteiger partial charge in [0, 0.05) is 30.2 Å². The van der Waals surface area contributed by atoms with Crippen LogP contribution >= 0.6 is 11.3 Å². The third-order valence-electron chi connectivity index (χ3n) is 2.82. The van der Waals surface area contributed by atoms with Crippen molar-refractivity contribution in [2.45, 2.75) is 0 Å². The Morgan fingerprint density at radius 2 is 2.17 bits per heavy atom. The molecule has 3 heterocycles. The maximum absolute atomic E-state index is 13.6. The molecule has 0 atom stereocenters. The molecule has 0 spiro atoms. The van der Waals surface area contributed by atoms with Crippen LogP contribution in [0.2, 0.25) is 0 Å². The molecule has 1 saturated heterocycles. The molecule has 2 aromatic heterocycles. The van der Waals surface area contributed by atoms with Gasteiger partial charge >= 0.3 is 0 Å². The molecule has 0 unspecified atom stereocenters. The van der Waals surface area contributed by atoms with Crippen molar-refractivity contribution in [2.24, 2.45) is 0 Å². The van der Waals surface area contributed by atoms with E-state index < -0.39 is 0 Å². The van der Waals surface area contributed by atoms with E-state index in [1.165, 1.54) is 17.5 Å². The quantitative estimate of drug-likeness (QED) is 0.834. The third kappa shape index (κ3) is 2.21. The lowest BCUT2D eigenvalue weighted by atomic mass is 10.2. The van der Waals surface area contributed by atoms with Gasteiger partial charge in [-0.2, -0.15) is 0 Å². The van der Waals surface area contributed by atoms with Crippen LogP contribution in [0.3, 0.4) is 0 Å². The Kier molecular flexibility index (Phi) is 3.21. The van der Waals surface area contributed by atoms with Crippen molar-refractivity contribution < 1.29 is 9.13 Å². The summed E-state index contributed by atoms with van der Waals surface area (Å²) in [6.07, 6.45) is 2.79. The highest BCUT2D eigenvalue weighted by Gasteiger charge is 2.16. The van der Waals surface area contributed by atoms with E-state index in [0.29, 0.717) is 11.3 Å². The van der Waals surface area contributed by atoms with Gasteiger partial charge < -0.3 is 9.64 Å². The molecule has 1 aliphatic heterocycles. The zero-order chi connectivity index (χ0) is 12.4. The van der Waals surface area contributed by atoms with Crippen LogP contribution in [0.15, 0.2) is 23.8 Å². The molecule has 0 amide bonds. The maximum atomic E-state index is 13.6. The number of hydrogen-bond donors (Lipinski definition) is 0. The molecule has 94 valence electrons. The van der Waals surface area contributed by atoms with Gasteiger partial charge in [-0.3, -0.25) is 4.98 Å². The molecule has 0 bridgehead atoms. The van der Waals surface area contributed by atoms with Crippen LogP contribution in [0.1, 0.15) is 0 Å². The number of aromatic nitrogens is 2. The Labute approximate surface area is 108 Å². The minimum Gasteiger partial charge on any atom is -0.378 e. The van der Waals surface area contributed by atoms with Gasteiger partial charge in [0.25, 0.3) is 0 Å². The first-order chi connectivity index (χ1) is 8.84. The highest BCUT2D eigenvalue weighted by atomic mass is 32.1. The van der Waals surface area contributed by atoms with Gasteiger partial charge in [-0.25, -0.2) is 9.37 Å². The number of hydrogen-bond acceptors (Lipinski definition) is 5. The standard InChI is InChI=1S/C12H12FN3OS/c13-10-7-14-2-1-9(10)11-8-18-12(15-11)16-3-5-17-6-4-16/h1-2,7-8H,3-6H2. The topological polar surface area (TPSA) is 38.2 Å². The lowest BCUT2D eigenvalue weighted by Crippen LogP contribution is -2.36. The minimum atomic E-state index is -0.337. The number of thiazole rings is 1. The van der Waals surface area contributed by atoms with E-state index in [9.17, 15) is 4.39 Å². The lowest BCUT2D eigenvalue weighted by Gasteiger charge is -2.26. The predicted octanol–water partition coefficient (Wildman–Crippen LogP) is 2.18. The monoisotopic (exact) mass is 265 g/mol. The second-order valence-corrected chi connectivity index (χ2v) is 4.81. The summed E-state index contributed by atoms with van der Waals surface area (Å²) in [6, 6.07) is 1.65. The van der Waals surface area contributed by atoms with Crippen LogP contribution in [0.4, 0.5) is 9.52 Å². The van der Waals surface area contributed by atoms with E-state index in [1.54, 1.807) is 12.3 Å². The first-order valence-corrected chi connectivity index (χ1v) is 6.60. The van der Waals surface area contributed by atoms with Crippen molar-refractivity contribution in [3.63, 3.8) is 0 Å². The molecule has 1 aliphatic rings. The highest BCUT2D eigenvalue weighted by molar-refractivity contribution is 7.14. The van der Waals surface area contributed by atoms with Crippen LogP contribution in [-0.4, -0.2) is 36.3 Å². The fourth-order valence-electron chi connectivity index (χ4n) is 1.87. The van der Waals surface area contributed by atoms with Crippen LogP contribution in [0, 0.1) is 5.82 Å². The molecule has 18 heavy (non-hydrogen) atoms. The average molecular weight is 265 g/mol. The zero-order valence-electron chi connectivity index (χ0n) is 9.67. The summed E-state index contributed by atoms with van der Waals surface area (Å²) in [4.78, 5) is 10.4. The SMILES string of the molecule is Fc1cnccc1-c1csc(N2CCOCC2)n1. The summed E-state index contributed by atoms with van der Waals surface area (Å²) in [5, 5.41) is 2.80. The summed E-state index contributed by atoms with van der Waals surface area (Å²) in [6.45, 7) is 3.12. The van der Waals surface area contributed by atoms with E-state index in [0.717, 1.165) is 31.4 Å². The molecule has 6 heteroatoms. The average Bonchev–Trinajstić information content (AvgIpc) is 2.90. The first kappa shape index (κ1) is 11.6. The van der Waals surface area contributed by atoms with Gasteiger partial charge in [0.05, 0.1) is 25.1 Å². The van der Waals surface area contributed by atoms with Gasteiger partial charge in [0.1, 0.15) is 0 Å². The second-order valence-electron chi connectivity index (χ2n) is 3.97. The van der Waals surface area contributed by atoms with Gasteiger partial charge in [-0.15, -0.1) is 11.3 Å². The Hall–Kier alpha value is -1.53. The Balaban J connectivity index is 1.87. The van der Waals surface area contributed by atoms with Crippen molar-refractivity contribution in [3.05, 3.63) is 29.7 Å². The van der Waals surface area contributed by atoms with E-state index in [-0.39, 0.29) is 5.82 Å². The van der Waals surface area contributed by atoms with Crippen LogP contribution < -0.4 is 4.90 Å². The van der Waals surface area contributed by atoms with E-state index >= 15 is 0 Å². The number of halogens is 1. The van der Waals surface area contributed by atoms with E-state index in [2.05, 4.69) is 14.9 Å². The molecular weight excluding hydrogens is 253 g/mol. The summed E-state index contributed by atoms with van der Waals surface area (Å²) in [5.41, 5.74) is 1.17. The molecule has 2 aromatic rings. The first-order valence-electron chi connectivity index (χ1n) is 5.73. The normalized spacial score (nSPS) is 15.9. The largest absolute Gasteiger partial charge is 0.378 e. The maximum Gasteiger partial charge on any atom is 0.186 e. The molecule has 0 saturated carbocycles. The Bertz CT molecular complexity index is 540. The molecule has 1 fully saturated rings. The smallest absolute Gasteiger partial charge is 0.186 e. The van der Waals surface area contributed by atoms with Crippen molar-refractivity contribution in [1.82, 2.24) is 9.97 Å². The van der Waals surface area contributed by atoms with Gasteiger partial charge in [0.2, 0.25) is 0 Å². The van der Waals surface area contributed by atoms with Gasteiger partial charge in [0.15, 0.2) is 10.9 Å². The molecular formula is C12H12FN3OS. The Morgan fingerprint density at radius 1 is 1.33 bits per heavy atom. The van der Waals surface area contributed by atoms with Crippen LogP contribution in [0.5, 0.6) is 0 Å². The number of pyridine rings is 1. The second kappa shape index (κ2) is 4.99. The molecule has 0 radical (unpaired) electrons. The highest BCUT2D eigenvalue weighted by Crippen LogP contribution is 2.28. The molecule has 4 nitrogen and oxygen atoms in total. The molecule has 0 aromatic carbocycles.